The number of benzene rings is 1. The van der Waals surface area contributed by atoms with Gasteiger partial charge in [0.05, 0.1) is 12.0 Å². The van der Waals surface area contributed by atoms with Crippen molar-refractivity contribution in [2.45, 2.75) is 25.1 Å². The third kappa shape index (κ3) is 3.23. The van der Waals surface area contributed by atoms with Gasteiger partial charge in [0, 0.05) is 12.6 Å². The SMILES string of the molecule is N[C@@H]1C[C@H](C(=O)[O-])N(C(=O)OCc2ccccc2)C1. The summed E-state index contributed by atoms with van der Waals surface area (Å²) < 4.78 is 5.08. The molecule has 0 aromatic heterocycles. The Hall–Kier alpha value is -2.08. The van der Waals surface area contributed by atoms with Crippen molar-refractivity contribution in [3.8, 4) is 0 Å². The average Bonchev–Trinajstić information content (AvgIpc) is 2.79. The van der Waals surface area contributed by atoms with E-state index in [0.717, 1.165) is 10.5 Å². The van der Waals surface area contributed by atoms with Gasteiger partial charge in [-0.15, -0.1) is 0 Å². The van der Waals surface area contributed by atoms with Crippen LogP contribution < -0.4 is 10.8 Å². The van der Waals surface area contributed by atoms with Crippen LogP contribution in [0.3, 0.4) is 0 Å². The largest absolute Gasteiger partial charge is 0.548 e. The van der Waals surface area contributed by atoms with E-state index in [0.29, 0.717) is 0 Å². The number of ether oxygens (including phenoxy) is 1. The van der Waals surface area contributed by atoms with Crippen molar-refractivity contribution in [1.82, 2.24) is 4.90 Å². The molecule has 0 aliphatic carbocycles. The van der Waals surface area contributed by atoms with Crippen molar-refractivity contribution >= 4 is 12.1 Å². The molecule has 1 aromatic rings. The lowest BCUT2D eigenvalue weighted by Crippen LogP contribution is -2.47. The Morgan fingerprint density at radius 2 is 2.05 bits per heavy atom. The van der Waals surface area contributed by atoms with E-state index in [4.69, 9.17) is 10.5 Å². The Labute approximate surface area is 110 Å². The van der Waals surface area contributed by atoms with Crippen molar-refractivity contribution < 1.29 is 19.4 Å². The van der Waals surface area contributed by atoms with Crippen molar-refractivity contribution in [3.05, 3.63) is 35.9 Å². The van der Waals surface area contributed by atoms with Gasteiger partial charge in [-0.3, -0.25) is 4.90 Å². The summed E-state index contributed by atoms with van der Waals surface area (Å²) in [6.45, 7) is 0.275. The van der Waals surface area contributed by atoms with E-state index in [9.17, 15) is 14.7 Å². The molecule has 2 rings (SSSR count). The van der Waals surface area contributed by atoms with Gasteiger partial charge in [-0.2, -0.15) is 0 Å². The predicted octanol–water partition coefficient (Wildman–Crippen LogP) is -0.525. The van der Waals surface area contributed by atoms with E-state index >= 15 is 0 Å². The Morgan fingerprint density at radius 1 is 1.37 bits per heavy atom. The van der Waals surface area contributed by atoms with E-state index in [1.54, 1.807) is 0 Å². The zero-order valence-electron chi connectivity index (χ0n) is 10.3. The van der Waals surface area contributed by atoms with Crippen LogP contribution in [0.4, 0.5) is 4.79 Å². The quantitative estimate of drug-likeness (QED) is 0.791. The minimum atomic E-state index is -1.30. The zero-order chi connectivity index (χ0) is 13.8. The summed E-state index contributed by atoms with van der Waals surface area (Å²) in [4.78, 5) is 23.9. The van der Waals surface area contributed by atoms with Crippen molar-refractivity contribution in [3.63, 3.8) is 0 Å². The van der Waals surface area contributed by atoms with Gasteiger partial charge in [0.15, 0.2) is 0 Å². The molecule has 19 heavy (non-hydrogen) atoms. The third-order valence-corrected chi connectivity index (χ3v) is 3.05. The highest BCUT2D eigenvalue weighted by molar-refractivity contribution is 5.79. The fourth-order valence-electron chi connectivity index (χ4n) is 2.10. The molecule has 0 saturated carbocycles. The van der Waals surface area contributed by atoms with Gasteiger partial charge in [-0.1, -0.05) is 30.3 Å². The molecule has 2 N–H and O–H groups in total. The molecule has 102 valence electrons. The van der Waals surface area contributed by atoms with Crippen molar-refractivity contribution in [1.29, 1.82) is 0 Å². The van der Waals surface area contributed by atoms with Gasteiger partial charge in [0.25, 0.3) is 0 Å². The predicted molar refractivity (Wildman–Crippen MR) is 64.7 cm³/mol. The van der Waals surface area contributed by atoms with Crippen LogP contribution in [0.15, 0.2) is 30.3 Å². The normalized spacial score (nSPS) is 22.3. The van der Waals surface area contributed by atoms with Crippen molar-refractivity contribution in [2.75, 3.05) is 6.54 Å². The topological polar surface area (TPSA) is 95.7 Å². The van der Waals surface area contributed by atoms with Crippen LogP contribution in [-0.4, -0.2) is 35.6 Å². The van der Waals surface area contributed by atoms with Gasteiger partial charge in [-0.25, -0.2) is 4.79 Å². The highest BCUT2D eigenvalue weighted by Gasteiger charge is 2.35. The standard InChI is InChI=1S/C13H16N2O4/c14-10-6-11(12(16)17)15(7-10)13(18)19-8-9-4-2-1-3-5-9/h1-5,10-11H,6-8,14H2,(H,16,17)/p-1/t10-,11-/m1/s1. The minimum absolute atomic E-state index is 0.102. The molecule has 1 aromatic carbocycles. The fourth-order valence-corrected chi connectivity index (χ4v) is 2.10. The highest BCUT2D eigenvalue weighted by Crippen LogP contribution is 2.17. The molecule has 0 unspecified atom stereocenters. The Morgan fingerprint density at radius 3 is 2.68 bits per heavy atom. The maximum atomic E-state index is 11.8. The van der Waals surface area contributed by atoms with Gasteiger partial charge in [0.2, 0.25) is 0 Å². The van der Waals surface area contributed by atoms with E-state index in [1.165, 1.54) is 0 Å². The minimum Gasteiger partial charge on any atom is -0.548 e. The third-order valence-electron chi connectivity index (χ3n) is 3.05. The number of hydrogen-bond donors (Lipinski definition) is 1. The average molecular weight is 263 g/mol. The summed E-state index contributed by atoms with van der Waals surface area (Å²) in [7, 11) is 0. The van der Waals surface area contributed by atoms with E-state index in [1.807, 2.05) is 30.3 Å². The molecule has 1 heterocycles. The molecule has 1 amide bonds. The first-order valence-electron chi connectivity index (χ1n) is 6.01. The summed E-state index contributed by atoms with van der Waals surface area (Å²) >= 11 is 0. The molecular weight excluding hydrogens is 248 g/mol. The molecule has 6 heteroatoms. The second-order valence-corrected chi connectivity index (χ2v) is 4.52. The zero-order valence-corrected chi connectivity index (χ0v) is 10.3. The number of carbonyl (C=O) groups is 2. The number of likely N-dealkylation sites (tertiary alicyclic amines) is 1. The van der Waals surface area contributed by atoms with E-state index < -0.39 is 18.1 Å². The molecule has 1 aliphatic heterocycles. The van der Waals surface area contributed by atoms with Crippen LogP contribution in [-0.2, 0) is 16.1 Å². The van der Waals surface area contributed by atoms with Crippen LogP contribution in [0.2, 0.25) is 0 Å². The second-order valence-electron chi connectivity index (χ2n) is 4.52. The van der Waals surface area contributed by atoms with Crippen LogP contribution >= 0.6 is 0 Å². The number of nitrogens with zero attached hydrogens (tertiary/aromatic N) is 1. The van der Waals surface area contributed by atoms with E-state index in [-0.39, 0.29) is 25.6 Å². The van der Waals surface area contributed by atoms with Gasteiger partial charge in [0.1, 0.15) is 6.61 Å². The molecule has 0 bridgehead atoms. The number of carboxylic acid groups (broad SMARTS) is 1. The molecule has 1 fully saturated rings. The van der Waals surface area contributed by atoms with Crippen LogP contribution in [0.5, 0.6) is 0 Å². The summed E-state index contributed by atoms with van der Waals surface area (Å²) in [6, 6.07) is 7.80. The lowest BCUT2D eigenvalue weighted by molar-refractivity contribution is -0.310. The Bertz CT molecular complexity index is 463. The monoisotopic (exact) mass is 263 g/mol. The number of nitrogens with two attached hydrogens (primary N) is 1. The van der Waals surface area contributed by atoms with E-state index in [2.05, 4.69) is 0 Å². The number of aliphatic carboxylic acids is 1. The molecular formula is C13H15N2O4-. The van der Waals surface area contributed by atoms with Crippen LogP contribution in [0.1, 0.15) is 12.0 Å². The lowest BCUT2D eigenvalue weighted by Gasteiger charge is -2.24. The maximum absolute atomic E-state index is 11.8. The maximum Gasteiger partial charge on any atom is 0.410 e. The van der Waals surface area contributed by atoms with Crippen LogP contribution in [0, 0.1) is 0 Å². The number of carboxylic acids is 1. The summed E-state index contributed by atoms with van der Waals surface area (Å²) in [5.74, 6) is -1.30. The van der Waals surface area contributed by atoms with Gasteiger partial charge >= 0.3 is 6.09 Å². The first kappa shape index (κ1) is 13.4. The first-order valence-corrected chi connectivity index (χ1v) is 6.01. The molecule has 2 atom stereocenters. The molecule has 0 spiro atoms. The molecule has 0 radical (unpaired) electrons. The molecule has 1 saturated heterocycles. The number of rotatable bonds is 3. The van der Waals surface area contributed by atoms with Crippen LogP contribution in [0.25, 0.3) is 0 Å². The smallest absolute Gasteiger partial charge is 0.410 e. The number of amides is 1. The first-order chi connectivity index (χ1) is 9.08. The summed E-state index contributed by atoms with van der Waals surface area (Å²) in [5.41, 5.74) is 6.50. The number of hydrogen-bond acceptors (Lipinski definition) is 5. The lowest BCUT2D eigenvalue weighted by atomic mass is 10.2. The van der Waals surface area contributed by atoms with Gasteiger partial charge in [-0.05, 0) is 12.0 Å². The summed E-state index contributed by atoms with van der Waals surface area (Å²) in [6.07, 6.45) is -0.478. The molecule has 1 aliphatic rings. The number of carbonyl (C=O) groups excluding carboxylic acids is 2. The molecule has 6 nitrogen and oxygen atoms in total. The van der Waals surface area contributed by atoms with Gasteiger partial charge < -0.3 is 20.4 Å². The summed E-state index contributed by atoms with van der Waals surface area (Å²) in [5, 5.41) is 10.9. The Balaban J connectivity index is 1.94. The highest BCUT2D eigenvalue weighted by atomic mass is 16.6. The van der Waals surface area contributed by atoms with Crippen molar-refractivity contribution in [2.24, 2.45) is 5.73 Å². The fraction of sp³-hybridized carbons (Fsp3) is 0.385. The Kier molecular flexibility index (Phi) is 4.01. The second kappa shape index (κ2) is 5.71.